The topological polar surface area (TPSA) is 75.4 Å². The van der Waals surface area contributed by atoms with E-state index in [1.807, 2.05) is 30.3 Å². The maximum absolute atomic E-state index is 11.9. The maximum Gasteiger partial charge on any atom is 0.247 e. The molecule has 1 saturated heterocycles. The predicted octanol–water partition coefficient (Wildman–Crippen LogP) is 0.0666. The zero-order valence-electron chi connectivity index (χ0n) is 9.83. The van der Waals surface area contributed by atoms with E-state index in [-0.39, 0.29) is 30.8 Å². The highest BCUT2D eigenvalue weighted by molar-refractivity contribution is 5.90. The van der Waals surface area contributed by atoms with Gasteiger partial charge in [-0.2, -0.15) is 0 Å². The van der Waals surface area contributed by atoms with E-state index < -0.39 is 6.04 Å². The molecule has 1 heterocycles. The van der Waals surface area contributed by atoms with Crippen molar-refractivity contribution in [1.29, 1.82) is 0 Å². The van der Waals surface area contributed by atoms with Crippen molar-refractivity contribution in [2.24, 2.45) is 5.73 Å². The first-order chi connectivity index (χ1) is 8.24. The summed E-state index contributed by atoms with van der Waals surface area (Å²) in [6.45, 7) is 0.909. The second kappa shape index (κ2) is 6.37. The fraction of sp³-hybridized carbons (Fsp3) is 0.333. The van der Waals surface area contributed by atoms with Crippen LogP contribution in [0.2, 0.25) is 0 Å². The molecule has 18 heavy (non-hydrogen) atoms. The molecule has 0 radical (unpaired) electrons. The quantitative estimate of drug-likeness (QED) is 0.798. The second-order valence-corrected chi connectivity index (χ2v) is 3.90. The summed E-state index contributed by atoms with van der Waals surface area (Å²) in [4.78, 5) is 25.1. The lowest BCUT2D eigenvalue weighted by Crippen LogP contribution is -2.53. The van der Waals surface area contributed by atoms with Crippen molar-refractivity contribution in [3.63, 3.8) is 0 Å². The van der Waals surface area contributed by atoms with Crippen LogP contribution < -0.4 is 11.1 Å². The number of amides is 2. The number of nitrogens with zero attached hydrogens (tertiary/aromatic N) is 1. The number of hydrogen-bond acceptors (Lipinski definition) is 3. The first-order valence-corrected chi connectivity index (χ1v) is 5.56. The molecule has 1 aromatic rings. The molecule has 1 atom stereocenters. The van der Waals surface area contributed by atoms with Gasteiger partial charge in [0.25, 0.3) is 0 Å². The van der Waals surface area contributed by atoms with Gasteiger partial charge < -0.3 is 16.0 Å². The average molecular weight is 270 g/mol. The number of benzene rings is 1. The fourth-order valence-corrected chi connectivity index (χ4v) is 2.02. The molecule has 6 heteroatoms. The molecule has 2 rings (SSSR count). The minimum atomic E-state index is -0.555. The van der Waals surface area contributed by atoms with E-state index in [4.69, 9.17) is 5.73 Å². The smallest absolute Gasteiger partial charge is 0.247 e. The lowest BCUT2D eigenvalue weighted by atomic mass is 10.0. The normalized spacial score (nSPS) is 18.8. The maximum atomic E-state index is 11.9. The van der Waals surface area contributed by atoms with Crippen LogP contribution in [0.4, 0.5) is 0 Å². The Morgan fingerprint density at radius 3 is 2.67 bits per heavy atom. The standard InChI is InChI=1S/C12H15N3O2.ClH/c13-8-10(16)15-7-6-14-12(17)11(15)9-4-2-1-3-5-9;/h1-5,11H,6-8,13H2,(H,14,17);1H. The summed E-state index contributed by atoms with van der Waals surface area (Å²) < 4.78 is 0. The number of nitrogens with two attached hydrogens (primary N) is 1. The van der Waals surface area contributed by atoms with Crippen molar-refractivity contribution in [1.82, 2.24) is 10.2 Å². The third-order valence-electron chi connectivity index (χ3n) is 2.82. The number of nitrogens with one attached hydrogen (secondary N) is 1. The highest BCUT2D eigenvalue weighted by atomic mass is 35.5. The van der Waals surface area contributed by atoms with E-state index in [9.17, 15) is 9.59 Å². The van der Waals surface area contributed by atoms with Gasteiger partial charge in [-0.15, -0.1) is 12.4 Å². The van der Waals surface area contributed by atoms with Crippen LogP contribution in [-0.2, 0) is 9.59 Å². The summed E-state index contributed by atoms with van der Waals surface area (Å²) in [5.74, 6) is -0.349. The van der Waals surface area contributed by atoms with E-state index in [0.717, 1.165) is 5.56 Å². The van der Waals surface area contributed by atoms with Crippen molar-refractivity contribution in [2.75, 3.05) is 19.6 Å². The molecule has 0 aliphatic carbocycles. The van der Waals surface area contributed by atoms with E-state index in [2.05, 4.69) is 5.32 Å². The van der Waals surface area contributed by atoms with Gasteiger partial charge in [-0.25, -0.2) is 0 Å². The number of rotatable bonds is 2. The Morgan fingerprint density at radius 2 is 2.06 bits per heavy atom. The Morgan fingerprint density at radius 1 is 1.39 bits per heavy atom. The number of hydrogen-bond donors (Lipinski definition) is 2. The van der Waals surface area contributed by atoms with Crippen LogP contribution in [0.5, 0.6) is 0 Å². The molecule has 2 amide bonds. The third-order valence-corrected chi connectivity index (χ3v) is 2.82. The summed E-state index contributed by atoms with van der Waals surface area (Å²) in [6, 6.07) is 8.70. The first kappa shape index (κ1) is 14.5. The molecule has 1 aromatic carbocycles. The van der Waals surface area contributed by atoms with Crippen molar-refractivity contribution in [2.45, 2.75) is 6.04 Å². The van der Waals surface area contributed by atoms with Gasteiger partial charge in [-0.1, -0.05) is 30.3 Å². The summed E-state index contributed by atoms with van der Waals surface area (Å²) in [6.07, 6.45) is 0. The minimum absolute atomic E-state index is 0. The van der Waals surface area contributed by atoms with Crippen LogP contribution in [-0.4, -0.2) is 36.3 Å². The second-order valence-electron chi connectivity index (χ2n) is 3.90. The van der Waals surface area contributed by atoms with Crippen LogP contribution in [0.3, 0.4) is 0 Å². The first-order valence-electron chi connectivity index (χ1n) is 5.56. The third kappa shape index (κ3) is 2.80. The summed E-state index contributed by atoms with van der Waals surface area (Å²) in [5, 5.41) is 2.77. The van der Waals surface area contributed by atoms with Gasteiger partial charge in [0.05, 0.1) is 6.54 Å². The number of piperazine rings is 1. The molecule has 5 nitrogen and oxygen atoms in total. The number of halogens is 1. The Balaban J connectivity index is 0.00000162. The van der Waals surface area contributed by atoms with Gasteiger partial charge in [0, 0.05) is 13.1 Å². The van der Waals surface area contributed by atoms with Gasteiger partial charge in [0.2, 0.25) is 11.8 Å². The van der Waals surface area contributed by atoms with E-state index in [0.29, 0.717) is 13.1 Å². The molecule has 98 valence electrons. The van der Waals surface area contributed by atoms with Gasteiger partial charge in [-0.05, 0) is 5.56 Å². The van der Waals surface area contributed by atoms with Crippen molar-refractivity contribution in [3.8, 4) is 0 Å². The van der Waals surface area contributed by atoms with Gasteiger partial charge >= 0.3 is 0 Å². The van der Waals surface area contributed by atoms with Crippen LogP contribution >= 0.6 is 12.4 Å². The fourth-order valence-electron chi connectivity index (χ4n) is 2.02. The Kier molecular flexibility index (Phi) is 5.12. The van der Waals surface area contributed by atoms with E-state index >= 15 is 0 Å². The molecule has 0 spiro atoms. The lowest BCUT2D eigenvalue weighted by molar-refractivity contribution is -0.142. The van der Waals surface area contributed by atoms with Crippen molar-refractivity contribution < 1.29 is 9.59 Å². The van der Waals surface area contributed by atoms with Gasteiger partial charge in [0.1, 0.15) is 6.04 Å². The van der Waals surface area contributed by atoms with Gasteiger partial charge in [0.15, 0.2) is 0 Å². The Labute approximate surface area is 112 Å². The molecule has 1 aliphatic heterocycles. The molecule has 1 aliphatic rings. The molecular weight excluding hydrogens is 254 g/mol. The Bertz CT molecular complexity index is 425. The monoisotopic (exact) mass is 269 g/mol. The summed E-state index contributed by atoms with van der Waals surface area (Å²) in [5.41, 5.74) is 6.18. The molecule has 0 bridgehead atoms. The zero-order chi connectivity index (χ0) is 12.3. The summed E-state index contributed by atoms with van der Waals surface area (Å²) in [7, 11) is 0. The molecular formula is C12H16ClN3O2. The molecule has 1 unspecified atom stereocenters. The highest BCUT2D eigenvalue weighted by Crippen LogP contribution is 2.22. The van der Waals surface area contributed by atoms with E-state index in [1.165, 1.54) is 4.90 Å². The number of carbonyl (C=O) groups excluding carboxylic acids is 2. The highest BCUT2D eigenvalue weighted by Gasteiger charge is 2.33. The zero-order valence-corrected chi connectivity index (χ0v) is 10.7. The molecule has 3 N–H and O–H groups in total. The van der Waals surface area contributed by atoms with Crippen molar-refractivity contribution >= 4 is 24.2 Å². The van der Waals surface area contributed by atoms with E-state index in [1.54, 1.807) is 0 Å². The number of carbonyl (C=O) groups is 2. The van der Waals surface area contributed by atoms with Gasteiger partial charge in [-0.3, -0.25) is 9.59 Å². The molecule has 0 saturated carbocycles. The van der Waals surface area contributed by atoms with Crippen LogP contribution in [0.15, 0.2) is 30.3 Å². The SMILES string of the molecule is Cl.NCC(=O)N1CCNC(=O)C1c1ccccc1. The van der Waals surface area contributed by atoms with Crippen LogP contribution in [0, 0.1) is 0 Å². The summed E-state index contributed by atoms with van der Waals surface area (Å²) >= 11 is 0. The van der Waals surface area contributed by atoms with Crippen LogP contribution in [0.25, 0.3) is 0 Å². The lowest BCUT2D eigenvalue weighted by Gasteiger charge is -2.35. The average Bonchev–Trinajstić information content (AvgIpc) is 2.38. The molecule has 0 aromatic heterocycles. The predicted molar refractivity (Wildman–Crippen MR) is 70.2 cm³/mol. The minimum Gasteiger partial charge on any atom is -0.352 e. The van der Waals surface area contributed by atoms with Crippen molar-refractivity contribution in [3.05, 3.63) is 35.9 Å². The largest absolute Gasteiger partial charge is 0.352 e. The van der Waals surface area contributed by atoms with Crippen LogP contribution in [0.1, 0.15) is 11.6 Å². The molecule has 1 fully saturated rings. The Hall–Kier alpha value is -1.59.